The third-order valence-corrected chi connectivity index (χ3v) is 6.22. The highest BCUT2D eigenvalue weighted by Gasteiger charge is 2.21. The lowest BCUT2D eigenvalue weighted by Crippen LogP contribution is -2.40. The van der Waals surface area contributed by atoms with Crippen LogP contribution in [0.25, 0.3) is 16.5 Å². The summed E-state index contributed by atoms with van der Waals surface area (Å²) in [6, 6.07) is 9.75. The summed E-state index contributed by atoms with van der Waals surface area (Å²) < 4.78 is 28.9. The SMILES string of the molecule is CC1CC(C)CN(CCCNC(=O)c2cn(-c3ccc(F)cc3F)c(=O)c3ccccc23)C1. The molecular formula is C26H29F2N3O2. The molecule has 174 valence electrons. The maximum Gasteiger partial charge on any atom is 0.263 e. The molecule has 33 heavy (non-hydrogen) atoms. The Hall–Kier alpha value is -3.06. The molecule has 1 aliphatic rings. The lowest BCUT2D eigenvalue weighted by Gasteiger charge is -2.34. The van der Waals surface area contributed by atoms with E-state index in [1.807, 2.05) is 0 Å². The second kappa shape index (κ2) is 9.83. The number of pyridine rings is 1. The lowest BCUT2D eigenvalue weighted by molar-refractivity contribution is 0.0948. The van der Waals surface area contributed by atoms with Gasteiger partial charge in [0.25, 0.3) is 11.5 Å². The number of aromatic nitrogens is 1. The maximum absolute atomic E-state index is 14.4. The van der Waals surface area contributed by atoms with Crippen molar-refractivity contribution in [3.05, 3.63) is 76.2 Å². The summed E-state index contributed by atoms with van der Waals surface area (Å²) in [5, 5.41) is 3.73. The third-order valence-electron chi connectivity index (χ3n) is 6.22. The van der Waals surface area contributed by atoms with Crippen molar-refractivity contribution in [1.29, 1.82) is 0 Å². The van der Waals surface area contributed by atoms with Gasteiger partial charge < -0.3 is 10.2 Å². The number of nitrogens with one attached hydrogen (secondary N) is 1. The molecule has 0 bridgehead atoms. The van der Waals surface area contributed by atoms with Crippen molar-refractivity contribution in [3.63, 3.8) is 0 Å². The number of fused-ring (bicyclic) bond motifs is 1. The van der Waals surface area contributed by atoms with Crippen LogP contribution < -0.4 is 10.9 Å². The quantitative estimate of drug-likeness (QED) is 0.564. The van der Waals surface area contributed by atoms with Gasteiger partial charge in [-0.1, -0.05) is 32.0 Å². The molecular weight excluding hydrogens is 424 g/mol. The molecule has 7 heteroatoms. The predicted molar refractivity (Wildman–Crippen MR) is 126 cm³/mol. The number of carbonyl (C=O) groups is 1. The van der Waals surface area contributed by atoms with E-state index in [4.69, 9.17) is 0 Å². The second-order valence-corrected chi connectivity index (χ2v) is 9.17. The Balaban J connectivity index is 1.55. The highest BCUT2D eigenvalue weighted by molar-refractivity contribution is 6.06. The number of carbonyl (C=O) groups excluding carboxylic acids is 1. The monoisotopic (exact) mass is 453 g/mol. The van der Waals surface area contributed by atoms with Crippen molar-refractivity contribution in [3.8, 4) is 5.69 Å². The van der Waals surface area contributed by atoms with Gasteiger partial charge in [0.05, 0.1) is 11.3 Å². The van der Waals surface area contributed by atoms with Crippen molar-refractivity contribution in [2.45, 2.75) is 26.7 Å². The molecule has 0 saturated carbocycles. The van der Waals surface area contributed by atoms with Gasteiger partial charge in [0.2, 0.25) is 0 Å². The number of amides is 1. The van der Waals surface area contributed by atoms with E-state index in [1.165, 1.54) is 18.7 Å². The number of hydrogen-bond acceptors (Lipinski definition) is 3. The van der Waals surface area contributed by atoms with E-state index in [-0.39, 0.29) is 17.2 Å². The van der Waals surface area contributed by atoms with E-state index in [2.05, 4.69) is 24.1 Å². The molecule has 2 aromatic carbocycles. The Morgan fingerprint density at radius 1 is 1.06 bits per heavy atom. The summed E-state index contributed by atoms with van der Waals surface area (Å²) in [6.07, 6.45) is 3.41. The molecule has 1 aliphatic heterocycles. The Kier molecular flexibility index (Phi) is 6.88. The van der Waals surface area contributed by atoms with Gasteiger partial charge in [-0.2, -0.15) is 0 Å². The summed E-state index contributed by atoms with van der Waals surface area (Å²) in [7, 11) is 0. The highest BCUT2D eigenvalue weighted by atomic mass is 19.1. The van der Waals surface area contributed by atoms with E-state index in [0.29, 0.717) is 29.2 Å². The van der Waals surface area contributed by atoms with Crippen LogP contribution in [0.1, 0.15) is 37.0 Å². The Labute approximate surface area is 192 Å². The van der Waals surface area contributed by atoms with Gasteiger partial charge in [-0.05, 0) is 49.4 Å². The molecule has 1 amide bonds. The minimum Gasteiger partial charge on any atom is -0.352 e. The summed E-state index contributed by atoms with van der Waals surface area (Å²) >= 11 is 0. The average Bonchev–Trinajstić information content (AvgIpc) is 2.77. The Morgan fingerprint density at radius 3 is 2.45 bits per heavy atom. The first-order valence-electron chi connectivity index (χ1n) is 11.4. The standard InChI is InChI=1S/C26H29F2N3O2/c1-17-12-18(2)15-30(14-17)11-5-10-29-25(32)22-16-31(24-9-8-19(27)13-23(24)28)26(33)21-7-4-3-6-20(21)22/h3-4,6-9,13,16-18H,5,10-12,14-15H2,1-2H3,(H,29,32). The van der Waals surface area contributed by atoms with Gasteiger partial charge in [-0.3, -0.25) is 14.2 Å². The molecule has 4 rings (SSSR count). The molecule has 1 fully saturated rings. The number of hydrogen-bond donors (Lipinski definition) is 1. The average molecular weight is 454 g/mol. The van der Waals surface area contributed by atoms with Crippen LogP contribution in [0.5, 0.6) is 0 Å². The molecule has 1 saturated heterocycles. The van der Waals surface area contributed by atoms with Crippen molar-refractivity contribution in [2.75, 3.05) is 26.2 Å². The fourth-order valence-electron chi connectivity index (χ4n) is 4.90. The van der Waals surface area contributed by atoms with Crippen LogP contribution in [0.4, 0.5) is 8.78 Å². The molecule has 2 unspecified atom stereocenters. The van der Waals surface area contributed by atoms with Gasteiger partial charge >= 0.3 is 0 Å². The highest BCUT2D eigenvalue weighted by Crippen LogP contribution is 2.21. The topological polar surface area (TPSA) is 54.3 Å². The fraction of sp³-hybridized carbons (Fsp3) is 0.385. The minimum atomic E-state index is -0.872. The van der Waals surface area contributed by atoms with E-state index in [1.54, 1.807) is 24.3 Å². The molecule has 0 aliphatic carbocycles. The zero-order valence-electron chi connectivity index (χ0n) is 19.0. The van der Waals surface area contributed by atoms with Crippen molar-refractivity contribution in [1.82, 2.24) is 14.8 Å². The van der Waals surface area contributed by atoms with Crippen LogP contribution in [-0.2, 0) is 0 Å². The molecule has 0 spiro atoms. The Bertz CT molecular complexity index is 1210. The normalized spacial score (nSPS) is 19.0. The number of nitrogens with zero attached hydrogens (tertiary/aromatic N) is 2. The summed E-state index contributed by atoms with van der Waals surface area (Å²) in [4.78, 5) is 28.5. The second-order valence-electron chi connectivity index (χ2n) is 9.17. The molecule has 0 radical (unpaired) electrons. The van der Waals surface area contributed by atoms with Gasteiger partial charge in [-0.15, -0.1) is 0 Å². The summed E-state index contributed by atoms with van der Waals surface area (Å²) in [5.74, 6) is -0.572. The number of piperidine rings is 1. The van der Waals surface area contributed by atoms with Crippen molar-refractivity contribution >= 4 is 16.7 Å². The third kappa shape index (κ3) is 5.14. The first-order chi connectivity index (χ1) is 15.8. The van der Waals surface area contributed by atoms with E-state index >= 15 is 0 Å². The number of halogens is 2. The van der Waals surface area contributed by atoms with Crippen LogP contribution in [0.15, 0.2) is 53.5 Å². The molecule has 5 nitrogen and oxygen atoms in total. The number of rotatable bonds is 6. The van der Waals surface area contributed by atoms with E-state index < -0.39 is 17.2 Å². The van der Waals surface area contributed by atoms with Gasteiger partial charge in [0.1, 0.15) is 11.6 Å². The number of likely N-dealkylation sites (tertiary alicyclic amines) is 1. The maximum atomic E-state index is 14.4. The Morgan fingerprint density at radius 2 is 1.76 bits per heavy atom. The molecule has 1 N–H and O–H groups in total. The zero-order valence-corrected chi connectivity index (χ0v) is 19.0. The van der Waals surface area contributed by atoms with Crippen molar-refractivity contribution < 1.29 is 13.6 Å². The smallest absolute Gasteiger partial charge is 0.263 e. The minimum absolute atomic E-state index is 0.102. The van der Waals surface area contributed by atoms with E-state index in [0.717, 1.165) is 42.8 Å². The lowest BCUT2D eigenvalue weighted by atomic mass is 9.92. The number of benzene rings is 2. The van der Waals surface area contributed by atoms with Gasteiger partial charge in [0.15, 0.2) is 0 Å². The van der Waals surface area contributed by atoms with Crippen LogP contribution in [0.2, 0.25) is 0 Å². The fourth-order valence-corrected chi connectivity index (χ4v) is 4.90. The van der Waals surface area contributed by atoms with Crippen LogP contribution in [-0.4, -0.2) is 41.6 Å². The summed E-state index contributed by atoms with van der Waals surface area (Å²) in [5.41, 5.74) is -0.301. The first-order valence-corrected chi connectivity index (χ1v) is 11.4. The molecule has 2 atom stereocenters. The molecule has 1 aromatic heterocycles. The van der Waals surface area contributed by atoms with Crippen LogP contribution in [0, 0.1) is 23.5 Å². The predicted octanol–water partition coefficient (Wildman–Crippen LogP) is 4.37. The van der Waals surface area contributed by atoms with Crippen molar-refractivity contribution in [2.24, 2.45) is 11.8 Å². The molecule has 3 aromatic rings. The zero-order chi connectivity index (χ0) is 23.5. The van der Waals surface area contributed by atoms with Crippen LogP contribution >= 0.6 is 0 Å². The van der Waals surface area contributed by atoms with Gasteiger partial charge in [0, 0.05) is 42.7 Å². The molecule has 2 heterocycles. The van der Waals surface area contributed by atoms with E-state index in [9.17, 15) is 18.4 Å². The first kappa shape index (κ1) is 23.1. The largest absolute Gasteiger partial charge is 0.352 e. The van der Waals surface area contributed by atoms with Crippen LogP contribution in [0.3, 0.4) is 0 Å². The summed E-state index contributed by atoms with van der Waals surface area (Å²) in [6.45, 7) is 8.11. The van der Waals surface area contributed by atoms with Gasteiger partial charge in [-0.25, -0.2) is 8.78 Å².